The zero-order chi connectivity index (χ0) is 21.6. The lowest BCUT2D eigenvalue weighted by molar-refractivity contribution is -0.137. The maximum absolute atomic E-state index is 13.9. The van der Waals surface area contributed by atoms with Gasteiger partial charge in [0.15, 0.2) is 0 Å². The Hall–Kier alpha value is -2.81. The molecule has 1 atom stereocenters. The average molecular weight is 420 g/mol. The number of anilines is 2. The van der Waals surface area contributed by atoms with Crippen LogP contribution in [-0.4, -0.2) is 41.5 Å². The second kappa shape index (κ2) is 7.46. The molecular weight excluding hydrogens is 397 g/mol. The summed E-state index contributed by atoms with van der Waals surface area (Å²) >= 11 is 0. The van der Waals surface area contributed by atoms with Gasteiger partial charge in [-0.05, 0) is 50.1 Å². The predicted molar refractivity (Wildman–Crippen MR) is 106 cm³/mol. The number of aromatic nitrogens is 1. The normalized spacial score (nSPS) is 18.4. The van der Waals surface area contributed by atoms with E-state index in [4.69, 9.17) is 4.74 Å². The summed E-state index contributed by atoms with van der Waals surface area (Å²) in [4.78, 5) is 18.5. The van der Waals surface area contributed by atoms with Gasteiger partial charge in [-0.15, -0.1) is 0 Å². The summed E-state index contributed by atoms with van der Waals surface area (Å²) in [7, 11) is 0. The van der Waals surface area contributed by atoms with Crippen molar-refractivity contribution in [2.45, 2.75) is 39.1 Å². The molecule has 1 aromatic carbocycles. The molecule has 2 N–H and O–H groups in total. The number of amides is 1. The van der Waals surface area contributed by atoms with Crippen molar-refractivity contribution in [2.75, 3.05) is 25.0 Å². The van der Waals surface area contributed by atoms with E-state index in [1.54, 1.807) is 18.3 Å². The number of fused-ring (bicyclic) bond motifs is 3. The Bertz CT molecular complexity index is 991. The molecule has 6 nitrogen and oxygen atoms in total. The minimum atomic E-state index is -4.65. The highest BCUT2D eigenvalue weighted by Crippen LogP contribution is 2.44. The molecule has 160 valence electrons. The fourth-order valence-corrected chi connectivity index (χ4v) is 3.95. The number of ether oxygens (including phenoxy) is 1. The fraction of sp³-hybridized carbons (Fsp3) is 0.429. The molecule has 9 heteroatoms. The second-order valence-corrected chi connectivity index (χ2v) is 7.86. The number of carbonyl (C=O) groups is 1. The molecule has 30 heavy (non-hydrogen) atoms. The Morgan fingerprint density at radius 3 is 2.77 bits per heavy atom. The Balaban J connectivity index is 1.80. The van der Waals surface area contributed by atoms with Crippen molar-refractivity contribution in [1.29, 1.82) is 0 Å². The molecular formula is C21H23F3N4O2. The number of nitrogens with zero attached hydrogens (tertiary/aromatic N) is 2. The van der Waals surface area contributed by atoms with E-state index >= 15 is 0 Å². The van der Waals surface area contributed by atoms with Crippen molar-refractivity contribution in [1.82, 2.24) is 15.2 Å². The van der Waals surface area contributed by atoms with Gasteiger partial charge in [0.2, 0.25) is 5.88 Å². The van der Waals surface area contributed by atoms with Crippen LogP contribution >= 0.6 is 0 Å². The van der Waals surface area contributed by atoms with Gasteiger partial charge in [-0.1, -0.05) is 0 Å². The molecule has 0 radical (unpaired) electrons. The number of nitrogens with one attached hydrogen (secondary N) is 2. The fourth-order valence-electron chi connectivity index (χ4n) is 3.95. The Morgan fingerprint density at radius 2 is 2.07 bits per heavy atom. The van der Waals surface area contributed by atoms with Crippen LogP contribution in [0, 0.1) is 6.92 Å². The number of benzene rings is 1. The Morgan fingerprint density at radius 1 is 1.30 bits per heavy atom. The van der Waals surface area contributed by atoms with Gasteiger partial charge in [0.05, 0.1) is 23.3 Å². The number of pyridine rings is 1. The molecule has 2 aromatic rings. The van der Waals surface area contributed by atoms with Crippen LogP contribution in [0.2, 0.25) is 0 Å². The van der Waals surface area contributed by atoms with Crippen LogP contribution in [0.5, 0.6) is 5.88 Å². The lowest BCUT2D eigenvalue weighted by atomic mass is 9.97. The van der Waals surface area contributed by atoms with Gasteiger partial charge < -0.3 is 20.3 Å². The van der Waals surface area contributed by atoms with Crippen molar-refractivity contribution in [3.63, 3.8) is 0 Å². The maximum atomic E-state index is 13.9. The summed E-state index contributed by atoms with van der Waals surface area (Å²) in [6, 6.07) is 3.97. The first-order valence-electron chi connectivity index (χ1n) is 9.82. The van der Waals surface area contributed by atoms with Gasteiger partial charge in [-0.2, -0.15) is 13.2 Å². The molecule has 0 aliphatic carbocycles. The Kier molecular flexibility index (Phi) is 5.09. The molecule has 1 fully saturated rings. The summed E-state index contributed by atoms with van der Waals surface area (Å²) in [5.74, 6) is -0.252. The molecule has 1 aromatic heterocycles. The number of alkyl halides is 3. The lowest BCUT2D eigenvalue weighted by Gasteiger charge is -2.30. The molecule has 1 amide bonds. The van der Waals surface area contributed by atoms with Crippen LogP contribution in [0.15, 0.2) is 24.4 Å². The number of rotatable bonds is 4. The number of aryl methyl sites for hydroxylation is 1. The molecule has 2 aliphatic rings. The largest absolute Gasteiger partial charge is 0.473 e. The lowest BCUT2D eigenvalue weighted by Crippen LogP contribution is -2.44. The highest BCUT2D eigenvalue weighted by molar-refractivity contribution is 6.01. The number of hydrogen-bond donors (Lipinski definition) is 2. The van der Waals surface area contributed by atoms with Crippen molar-refractivity contribution in [3.05, 3.63) is 46.6 Å². The summed E-state index contributed by atoms with van der Waals surface area (Å²) < 4.78 is 47.3. The van der Waals surface area contributed by atoms with E-state index in [2.05, 4.69) is 15.6 Å². The highest BCUT2D eigenvalue weighted by atomic mass is 19.4. The van der Waals surface area contributed by atoms with Gasteiger partial charge in [0, 0.05) is 31.5 Å². The minimum absolute atomic E-state index is 0.147. The quantitative estimate of drug-likeness (QED) is 0.782. The monoisotopic (exact) mass is 420 g/mol. The van der Waals surface area contributed by atoms with Gasteiger partial charge in [-0.3, -0.25) is 4.79 Å². The average Bonchev–Trinajstić information content (AvgIpc) is 2.95. The van der Waals surface area contributed by atoms with E-state index in [0.717, 1.165) is 11.6 Å². The van der Waals surface area contributed by atoms with Crippen LogP contribution < -0.4 is 15.4 Å². The highest BCUT2D eigenvalue weighted by Gasteiger charge is 2.45. The van der Waals surface area contributed by atoms with E-state index in [1.807, 2.05) is 20.8 Å². The summed E-state index contributed by atoms with van der Waals surface area (Å²) in [6.07, 6.45) is -3.16. The first kappa shape index (κ1) is 20.5. The minimum Gasteiger partial charge on any atom is -0.473 e. The van der Waals surface area contributed by atoms with E-state index in [0.29, 0.717) is 36.8 Å². The zero-order valence-electron chi connectivity index (χ0n) is 16.9. The molecule has 0 spiro atoms. The third kappa shape index (κ3) is 3.69. The van der Waals surface area contributed by atoms with E-state index in [-0.39, 0.29) is 17.4 Å². The van der Waals surface area contributed by atoms with Crippen LogP contribution in [0.4, 0.5) is 24.5 Å². The van der Waals surface area contributed by atoms with Crippen molar-refractivity contribution in [2.24, 2.45) is 0 Å². The number of piperazine rings is 1. The van der Waals surface area contributed by atoms with Gasteiger partial charge in [0.1, 0.15) is 5.69 Å². The second-order valence-electron chi connectivity index (χ2n) is 7.86. The molecule has 1 saturated heterocycles. The molecule has 0 bridgehead atoms. The first-order chi connectivity index (χ1) is 14.1. The summed E-state index contributed by atoms with van der Waals surface area (Å²) in [6.45, 7) is 6.90. The van der Waals surface area contributed by atoms with Crippen LogP contribution in [0.25, 0.3) is 0 Å². The van der Waals surface area contributed by atoms with Crippen LogP contribution in [0.1, 0.15) is 46.9 Å². The van der Waals surface area contributed by atoms with Crippen molar-refractivity contribution >= 4 is 17.3 Å². The van der Waals surface area contributed by atoms with Gasteiger partial charge >= 0.3 is 6.18 Å². The zero-order valence-corrected chi connectivity index (χ0v) is 16.9. The van der Waals surface area contributed by atoms with E-state index < -0.39 is 23.7 Å². The number of hydrogen-bond acceptors (Lipinski definition) is 5. The summed E-state index contributed by atoms with van der Waals surface area (Å²) in [5, 5.41) is 6.19. The standard InChI is InChI=1S/C21H23F3N4O2/c1-11(2)30-19-16(6-12(3)9-26-19)27-13-7-14-17-10-25-4-5-28(17)20(29)18(14)15(8-13)21(22,23)24/h6-9,11,17,25,27H,4-5,10H2,1-3H3. The number of carbonyl (C=O) groups excluding carboxylic acids is 1. The Labute approximate surface area is 172 Å². The third-order valence-corrected chi connectivity index (χ3v) is 5.17. The smallest absolute Gasteiger partial charge is 0.417 e. The molecule has 3 heterocycles. The van der Waals surface area contributed by atoms with Crippen molar-refractivity contribution < 1.29 is 22.7 Å². The summed E-state index contributed by atoms with van der Waals surface area (Å²) in [5.41, 5.74) is 0.763. The van der Waals surface area contributed by atoms with E-state index in [9.17, 15) is 18.0 Å². The first-order valence-corrected chi connectivity index (χ1v) is 9.82. The van der Waals surface area contributed by atoms with Gasteiger partial charge in [0.25, 0.3) is 5.91 Å². The molecule has 1 unspecified atom stereocenters. The molecule has 4 rings (SSSR count). The molecule has 2 aliphatic heterocycles. The van der Waals surface area contributed by atoms with Crippen molar-refractivity contribution in [3.8, 4) is 5.88 Å². The molecule has 0 saturated carbocycles. The SMILES string of the molecule is Cc1cnc(OC(C)C)c(Nc2cc3c(c(C(F)(F)F)c2)C(=O)N2CCNCC32)c1. The number of halogens is 3. The van der Waals surface area contributed by atoms with Gasteiger partial charge in [-0.25, -0.2) is 4.98 Å². The van der Waals surface area contributed by atoms with Crippen LogP contribution in [-0.2, 0) is 6.18 Å². The topological polar surface area (TPSA) is 66.5 Å². The maximum Gasteiger partial charge on any atom is 0.417 e. The predicted octanol–water partition coefficient (Wildman–Crippen LogP) is 4.04. The van der Waals surface area contributed by atoms with Crippen LogP contribution in [0.3, 0.4) is 0 Å². The van der Waals surface area contributed by atoms with E-state index in [1.165, 1.54) is 4.90 Å². The third-order valence-electron chi connectivity index (χ3n) is 5.17.